The number of nitrogens with one attached hydrogen (secondary N) is 2. The Balaban J connectivity index is 1.61. The van der Waals surface area contributed by atoms with Crippen molar-refractivity contribution in [3.05, 3.63) is 65.2 Å². The second kappa shape index (κ2) is 9.38. The van der Waals surface area contributed by atoms with Crippen LogP contribution in [0.1, 0.15) is 16.7 Å². The van der Waals surface area contributed by atoms with E-state index in [2.05, 4.69) is 24.9 Å². The Hall–Kier alpha value is -2.78. The number of nitrogens with zero attached hydrogens (tertiary/aromatic N) is 3. The molecule has 9 heteroatoms. The summed E-state index contributed by atoms with van der Waals surface area (Å²) in [6.45, 7) is 7.26. The smallest absolute Gasteiger partial charge is 0.354 e. The first-order valence-electron chi connectivity index (χ1n) is 10.3. The fourth-order valence-electron chi connectivity index (χ4n) is 3.73. The van der Waals surface area contributed by atoms with Crippen LogP contribution in [0.15, 0.2) is 53.6 Å². The minimum atomic E-state index is -4.48. The molecule has 1 fully saturated rings. The van der Waals surface area contributed by atoms with Gasteiger partial charge in [0.25, 0.3) is 0 Å². The van der Waals surface area contributed by atoms with Gasteiger partial charge in [-0.15, -0.1) is 0 Å². The molecule has 0 radical (unpaired) electrons. The Morgan fingerprint density at radius 2 is 1.66 bits per heavy atom. The minimum absolute atomic E-state index is 0.136. The molecule has 0 saturated carbocycles. The molecule has 3 heterocycles. The lowest BCUT2D eigenvalue weighted by Gasteiger charge is -2.28. The molecule has 0 bridgehead atoms. The monoisotopic (exact) mass is 459 g/mol. The molecule has 168 valence electrons. The van der Waals surface area contributed by atoms with Gasteiger partial charge in [0.2, 0.25) is 0 Å². The number of hydrogen-bond donors (Lipinski definition) is 2. The van der Waals surface area contributed by atoms with Crippen LogP contribution in [0.3, 0.4) is 0 Å². The van der Waals surface area contributed by atoms with Gasteiger partial charge >= 0.3 is 6.18 Å². The Kier molecular flexibility index (Phi) is 6.57. The molecule has 2 N–H and O–H groups in total. The van der Waals surface area contributed by atoms with Crippen LogP contribution in [0.25, 0.3) is 11.3 Å². The summed E-state index contributed by atoms with van der Waals surface area (Å²) in [5.41, 5.74) is 2.02. The average Bonchev–Trinajstić information content (AvgIpc) is 2.78. The molecular formula is C23H24F3N5S. The van der Waals surface area contributed by atoms with E-state index in [1.165, 1.54) is 0 Å². The zero-order valence-corrected chi connectivity index (χ0v) is 18.6. The lowest BCUT2D eigenvalue weighted by molar-refractivity contribution is -0.137. The molecule has 0 aliphatic carbocycles. The molecule has 0 amide bonds. The summed E-state index contributed by atoms with van der Waals surface area (Å²) in [5, 5.41) is 3.96. The normalized spacial score (nSPS) is 14.5. The fraction of sp³-hybridized carbons (Fsp3) is 0.304. The van der Waals surface area contributed by atoms with Gasteiger partial charge in [0.15, 0.2) is 0 Å². The van der Waals surface area contributed by atoms with E-state index in [-0.39, 0.29) is 5.82 Å². The van der Waals surface area contributed by atoms with Crippen LogP contribution in [0.5, 0.6) is 0 Å². The van der Waals surface area contributed by atoms with Crippen LogP contribution in [0.4, 0.5) is 24.8 Å². The highest BCUT2D eigenvalue weighted by molar-refractivity contribution is 8.00. The summed E-state index contributed by atoms with van der Waals surface area (Å²) in [5.74, 6) is 0.989. The summed E-state index contributed by atoms with van der Waals surface area (Å²) < 4.78 is 43.8. The van der Waals surface area contributed by atoms with Gasteiger partial charge in [-0.3, -0.25) is 0 Å². The SMILES string of the molecule is Cc1cccc(C)c1-c1cc(C(F)(F)F)cc(NSc2cccc(N3CCNCC3)n2)n1. The van der Waals surface area contributed by atoms with Crippen LogP contribution in [0.2, 0.25) is 0 Å². The maximum Gasteiger partial charge on any atom is 0.416 e. The van der Waals surface area contributed by atoms with E-state index in [0.717, 1.165) is 67.2 Å². The van der Waals surface area contributed by atoms with E-state index in [1.54, 1.807) is 0 Å². The Labute approximate surface area is 189 Å². The van der Waals surface area contributed by atoms with Crippen molar-refractivity contribution in [2.45, 2.75) is 25.0 Å². The highest BCUT2D eigenvalue weighted by Gasteiger charge is 2.32. The highest BCUT2D eigenvalue weighted by atomic mass is 32.2. The number of halogens is 3. The predicted octanol–water partition coefficient (Wildman–Crippen LogP) is 5.31. The van der Waals surface area contributed by atoms with Crippen molar-refractivity contribution in [3.8, 4) is 11.3 Å². The van der Waals surface area contributed by atoms with Crippen LogP contribution in [-0.2, 0) is 6.18 Å². The standard InChI is InChI=1S/C23H24F3N5S/c1-15-5-3-6-16(2)22(15)18-13-17(23(24,25)26)14-19(28-18)30-32-21-8-4-7-20(29-21)31-11-9-27-10-12-31/h3-8,13-14,27H,9-12H2,1-2H3,(H,28,30). The Morgan fingerprint density at radius 1 is 0.969 bits per heavy atom. The van der Waals surface area contributed by atoms with E-state index in [0.29, 0.717) is 16.3 Å². The van der Waals surface area contributed by atoms with E-state index >= 15 is 0 Å². The zero-order valence-electron chi connectivity index (χ0n) is 17.8. The lowest BCUT2D eigenvalue weighted by atomic mass is 9.98. The molecule has 0 spiro atoms. The molecule has 0 unspecified atom stereocenters. The quantitative estimate of drug-likeness (QED) is 0.505. The molecule has 1 aliphatic rings. The molecule has 3 aromatic rings. The number of benzene rings is 1. The Morgan fingerprint density at radius 3 is 2.34 bits per heavy atom. The molecular weight excluding hydrogens is 435 g/mol. The largest absolute Gasteiger partial charge is 0.416 e. The van der Waals surface area contributed by atoms with E-state index in [1.807, 2.05) is 50.2 Å². The maximum atomic E-state index is 13.6. The first kappa shape index (κ1) is 22.4. The van der Waals surface area contributed by atoms with Gasteiger partial charge < -0.3 is 14.9 Å². The van der Waals surface area contributed by atoms with Gasteiger partial charge in [0.1, 0.15) is 16.7 Å². The highest BCUT2D eigenvalue weighted by Crippen LogP contribution is 2.36. The third kappa shape index (κ3) is 5.16. The number of aryl methyl sites for hydroxylation is 2. The number of anilines is 2. The first-order valence-corrected chi connectivity index (χ1v) is 11.1. The summed E-state index contributed by atoms with van der Waals surface area (Å²) in [6.07, 6.45) is -4.48. The van der Waals surface area contributed by atoms with Gasteiger partial charge in [-0.1, -0.05) is 24.3 Å². The molecule has 5 nitrogen and oxygen atoms in total. The van der Waals surface area contributed by atoms with Crippen LogP contribution in [-0.4, -0.2) is 36.1 Å². The third-order valence-electron chi connectivity index (χ3n) is 5.30. The van der Waals surface area contributed by atoms with E-state index < -0.39 is 11.7 Å². The van der Waals surface area contributed by atoms with Gasteiger partial charge in [-0.05, 0) is 49.2 Å². The average molecular weight is 460 g/mol. The number of hydrogen-bond acceptors (Lipinski definition) is 6. The van der Waals surface area contributed by atoms with Crippen molar-refractivity contribution in [3.63, 3.8) is 0 Å². The van der Waals surface area contributed by atoms with Crippen LogP contribution < -0.4 is 14.9 Å². The van der Waals surface area contributed by atoms with Crippen LogP contribution in [0, 0.1) is 13.8 Å². The molecule has 32 heavy (non-hydrogen) atoms. The molecule has 2 aromatic heterocycles. The van der Waals surface area contributed by atoms with E-state index in [4.69, 9.17) is 0 Å². The first-order chi connectivity index (χ1) is 15.3. The number of rotatable bonds is 5. The number of pyridine rings is 2. The van der Waals surface area contributed by atoms with Gasteiger partial charge in [-0.25, -0.2) is 9.97 Å². The fourth-order valence-corrected chi connectivity index (χ4v) is 4.33. The molecule has 4 rings (SSSR count). The molecule has 1 aliphatic heterocycles. The van der Waals surface area contributed by atoms with Crippen LogP contribution >= 0.6 is 11.9 Å². The topological polar surface area (TPSA) is 53.1 Å². The molecule has 1 saturated heterocycles. The van der Waals surface area contributed by atoms with Gasteiger partial charge in [0, 0.05) is 43.7 Å². The number of alkyl halides is 3. The minimum Gasteiger partial charge on any atom is -0.354 e. The number of piperazine rings is 1. The second-order valence-corrected chi connectivity index (χ2v) is 8.49. The van der Waals surface area contributed by atoms with Crippen molar-refractivity contribution in [1.29, 1.82) is 0 Å². The van der Waals surface area contributed by atoms with Gasteiger partial charge in [0.05, 0.1) is 11.3 Å². The summed E-state index contributed by atoms with van der Waals surface area (Å²) in [7, 11) is 0. The van der Waals surface area contributed by atoms with Crippen molar-refractivity contribution in [2.24, 2.45) is 0 Å². The molecule has 0 atom stereocenters. The second-order valence-electron chi connectivity index (χ2n) is 7.67. The lowest BCUT2D eigenvalue weighted by Crippen LogP contribution is -2.43. The molecule has 1 aromatic carbocycles. The van der Waals surface area contributed by atoms with Gasteiger partial charge in [-0.2, -0.15) is 13.2 Å². The van der Waals surface area contributed by atoms with Crippen molar-refractivity contribution in [2.75, 3.05) is 35.8 Å². The summed E-state index contributed by atoms with van der Waals surface area (Å²) >= 11 is 1.15. The summed E-state index contributed by atoms with van der Waals surface area (Å²) in [6, 6.07) is 13.4. The van der Waals surface area contributed by atoms with E-state index in [9.17, 15) is 13.2 Å². The van der Waals surface area contributed by atoms with Crippen molar-refractivity contribution in [1.82, 2.24) is 15.3 Å². The number of aromatic nitrogens is 2. The summed E-state index contributed by atoms with van der Waals surface area (Å²) in [4.78, 5) is 11.3. The predicted molar refractivity (Wildman–Crippen MR) is 123 cm³/mol. The third-order valence-corrected chi connectivity index (χ3v) is 6.05. The van der Waals surface area contributed by atoms with Crippen molar-refractivity contribution >= 4 is 23.6 Å². The zero-order chi connectivity index (χ0) is 22.7. The Bertz CT molecular complexity index is 1080. The maximum absolute atomic E-state index is 13.6. The van der Waals surface area contributed by atoms with Crippen molar-refractivity contribution < 1.29 is 13.2 Å².